The van der Waals surface area contributed by atoms with Crippen LogP contribution in [0.3, 0.4) is 0 Å². The van der Waals surface area contributed by atoms with Gasteiger partial charge in [0.05, 0.1) is 17.6 Å². The Morgan fingerprint density at radius 3 is 2.66 bits per heavy atom. The molecule has 0 bridgehead atoms. The Morgan fingerprint density at radius 2 is 1.94 bits per heavy atom. The molecule has 7 nitrogen and oxygen atoms in total. The molecule has 0 aliphatic carbocycles. The van der Waals surface area contributed by atoms with Gasteiger partial charge in [0.25, 0.3) is 0 Å². The molecule has 174 valence electrons. The summed E-state index contributed by atoms with van der Waals surface area (Å²) >= 11 is 0. The van der Waals surface area contributed by atoms with Crippen LogP contribution in [0.25, 0.3) is 11.0 Å². The Morgan fingerprint density at radius 1 is 1.16 bits per heavy atom. The number of para-hydroxylation sites is 3. The van der Waals surface area contributed by atoms with Gasteiger partial charge in [-0.05, 0) is 32.0 Å². The molecule has 3 rings (SSSR count). The van der Waals surface area contributed by atoms with Crippen LogP contribution in [0.2, 0.25) is 0 Å². The summed E-state index contributed by atoms with van der Waals surface area (Å²) in [6.45, 7) is 2.73. The predicted molar refractivity (Wildman–Crippen MR) is 132 cm³/mol. The number of hydrogen-bond donors (Lipinski definition) is 2. The zero-order valence-electron chi connectivity index (χ0n) is 18.3. The molecule has 0 atom stereocenters. The smallest absolute Gasteiger partial charge is 0.387 e. The van der Waals surface area contributed by atoms with Crippen molar-refractivity contribution in [3.8, 4) is 11.5 Å². The molecule has 0 unspecified atom stereocenters. The summed E-state index contributed by atoms with van der Waals surface area (Å²) in [5, 5.41) is 6.37. The first-order valence-electron chi connectivity index (χ1n) is 10.1. The second kappa shape index (κ2) is 12.4. The Kier molecular flexibility index (Phi) is 9.95. The summed E-state index contributed by atoms with van der Waals surface area (Å²) in [6, 6.07) is 13.0. The third kappa shape index (κ3) is 6.44. The second-order valence-corrected chi connectivity index (χ2v) is 6.71. The molecule has 0 spiro atoms. The molecule has 32 heavy (non-hydrogen) atoms. The highest BCUT2D eigenvalue weighted by atomic mass is 127. The van der Waals surface area contributed by atoms with Gasteiger partial charge in [0.1, 0.15) is 5.82 Å². The summed E-state index contributed by atoms with van der Waals surface area (Å²) in [5.74, 6) is 1.80. The maximum Gasteiger partial charge on any atom is 0.387 e. The Hall–Kier alpha value is -2.63. The second-order valence-electron chi connectivity index (χ2n) is 6.71. The quantitative estimate of drug-likeness (QED) is 0.232. The van der Waals surface area contributed by atoms with Crippen molar-refractivity contribution in [2.75, 3.05) is 20.2 Å². The van der Waals surface area contributed by atoms with E-state index in [1.54, 1.807) is 32.2 Å². The zero-order chi connectivity index (χ0) is 22.2. The third-order valence-electron chi connectivity index (χ3n) is 4.71. The van der Waals surface area contributed by atoms with Crippen LogP contribution in [0.15, 0.2) is 47.5 Å². The zero-order valence-corrected chi connectivity index (χ0v) is 20.6. The third-order valence-corrected chi connectivity index (χ3v) is 4.71. The first-order chi connectivity index (χ1) is 15.0. The van der Waals surface area contributed by atoms with Crippen molar-refractivity contribution in [1.29, 1.82) is 0 Å². The molecule has 0 fully saturated rings. The molecule has 0 saturated heterocycles. The maximum absolute atomic E-state index is 12.9. The van der Waals surface area contributed by atoms with E-state index in [4.69, 9.17) is 9.47 Å². The Balaban J connectivity index is 0.00000363. The van der Waals surface area contributed by atoms with Gasteiger partial charge in [0.2, 0.25) is 0 Å². The van der Waals surface area contributed by atoms with E-state index in [9.17, 15) is 8.78 Å². The van der Waals surface area contributed by atoms with E-state index in [2.05, 4.69) is 25.2 Å². The number of aryl methyl sites for hydroxylation is 1. The number of rotatable bonds is 9. The van der Waals surface area contributed by atoms with Crippen LogP contribution in [-0.2, 0) is 13.1 Å². The van der Waals surface area contributed by atoms with Gasteiger partial charge in [-0.25, -0.2) is 4.98 Å². The molecule has 2 aromatic carbocycles. The van der Waals surface area contributed by atoms with Gasteiger partial charge in [0, 0.05) is 32.2 Å². The minimum atomic E-state index is -2.94. The number of nitrogens with one attached hydrogen (secondary N) is 2. The van der Waals surface area contributed by atoms with Crippen LogP contribution >= 0.6 is 24.0 Å². The fraction of sp³-hybridized carbons (Fsp3) is 0.364. The first-order valence-corrected chi connectivity index (χ1v) is 10.1. The molecule has 3 aromatic rings. The lowest BCUT2D eigenvalue weighted by Gasteiger charge is -2.17. The molecule has 10 heteroatoms. The number of alkyl halides is 2. The van der Waals surface area contributed by atoms with Gasteiger partial charge in [0.15, 0.2) is 17.5 Å². The summed E-state index contributed by atoms with van der Waals surface area (Å²) in [5.41, 5.74) is 2.58. The van der Waals surface area contributed by atoms with Crippen LogP contribution in [0.5, 0.6) is 11.5 Å². The number of aliphatic imine (C=N–C) groups is 1. The summed E-state index contributed by atoms with van der Waals surface area (Å²) in [7, 11) is 1.65. The highest BCUT2D eigenvalue weighted by Gasteiger charge is 2.16. The maximum atomic E-state index is 12.9. The molecule has 1 heterocycles. The number of guanidine groups is 1. The lowest BCUT2D eigenvalue weighted by molar-refractivity contribution is -0.0520. The van der Waals surface area contributed by atoms with Gasteiger partial charge in [-0.3, -0.25) is 4.99 Å². The van der Waals surface area contributed by atoms with Gasteiger partial charge in [-0.1, -0.05) is 24.3 Å². The number of imidazole rings is 1. The van der Waals surface area contributed by atoms with Crippen LogP contribution in [0.1, 0.15) is 18.3 Å². The fourth-order valence-electron chi connectivity index (χ4n) is 3.36. The van der Waals surface area contributed by atoms with Crippen molar-refractivity contribution >= 4 is 41.0 Å². The van der Waals surface area contributed by atoms with Crippen molar-refractivity contribution in [2.24, 2.45) is 4.99 Å². The number of nitrogens with zero attached hydrogens (tertiary/aromatic N) is 3. The number of ether oxygens (including phenoxy) is 2. The minimum absolute atomic E-state index is 0. The SMILES string of the molecule is CCOc1cccc(CNC(=NC)NCCn2c(C)nc3ccccc32)c1OC(F)F.I. The summed E-state index contributed by atoms with van der Waals surface area (Å²) in [6.07, 6.45) is 0. The van der Waals surface area contributed by atoms with Crippen LogP contribution in [0.4, 0.5) is 8.78 Å². The van der Waals surface area contributed by atoms with E-state index in [0.717, 1.165) is 16.9 Å². The number of fused-ring (bicyclic) bond motifs is 1. The average molecular weight is 559 g/mol. The van der Waals surface area contributed by atoms with E-state index in [1.807, 2.05) is 31.2 Å². The van der Waals surface area contributed by atoms with Gasteiger partial charge in [-0.15, -0.1) is 24.0 Å². The molecule has 0 amide bonds. The first kappa shape index (κ1) is 25.6. The summed E-state index contributed by atoms with van der Waals surface area (Å²) in [4.78, 5) is 8.77. The topological polar surface area (TPSA) is 72.7 Å². The predicted octanol–water partition coefficient (Wildman–Crippen LogP) is 4.33. The fourth-order valence-corrected chi connectivity index (χ4v) is 3.36. The molecular formula is C22H28F2IN5O2. The highest BCUT2D eigenvalue weighted by molar-refractivity contribution is 14.0. The monoisotopic (exact) mass is 559 g/mol. The van der Waals surface area contributed by atoms with E-state index in [-0.39, 0.29) is 42.0 Å². The van der Waals surface area contributed by atoms with Crippen molar-refractivity contribution < 1.29 is 18.3 Å². The molecule has 0 aliphatic heterocycles. The van der Waals surface area contributed by atoms with E-state index < -0.39 is 6.61 Å². The average Bonchev–Trinajstić information content (AvgIpc) is 3.07. The van der Waals surface area contributed by atoms with Crippen molar-refractivity contribution in [3.63, 3.8) is 0 Å². The standard InChI is InChI=1S/C22H27F2N5O2.HI/c1-4-30-19-11-7-8-16(20(19)31-21(23)24)14-27-22(25-3)26-12-13-29-15(2)28-17-9-5-6-10-18(17)29;/h5-11,21H,4,12-14H2,1-3H3,(H2,25,26,27);1H. The van der Waals surface area contributed by atoms with Crippen LogP contribution < -0.4 is 20.1 Å². The molecule has 2 N–H and O–H groups in total. The van der Waals surface area contributed by atoms with Crippen molar-refractivity contribution in [1.82, 2.24) is 20.2 Å². The number of hydrogen-bond acceptors (Lipinski definition) is 4. The highest BCUT2D eigenvalue weighted by Crippen LogP contribution is 2.32. The van der Waals surface area contributed by atoms with Gasteiger partial charge >= 0.3 is 6.61 Å². The van der Waals surface area contributed by atoms with E-state index in [0.29, 0.717) is 31.2 Å². The number of benzene rings is 2. The van der Waals surface area contributed by atoms with Crippen molar-refractivity contribution in [3.05, 3.63) is 53.9 Å². The molecule has 1 aromatic heterocycles. The van der Waals surface area contributed by atoms with E-state index >= 15 is 0 Å². The normalized spacial score (nSPS) is 11.4. The lowest BCUT2D eigenvalue weighted by Crippen LogP contribution is -2.38. The Labute approximate surface area is 203 Å². The lowest BCUT2D eigenvalue weighted by atomic mass is 10.2. The molecule has 0 saturated carbocycles. The molecular weight excluding hydrogens is 531 g/mol. The van der Waals surface area contributed by atoms with Crippen molar-refractivity contribution in [2.45, 2.75) is 33.5 Å². The summed E-state index contributed by atoms with van der Waals surface area (Å²) < 4.78 is 38.0. The number of halogens is 3. The van der Waals surface area contributed by atoms with Gasteiger partial charge < -0.3 is 24.7 Å². The van der Waals surface area contributed by atoms with E-state index in [1.165, 1.54) is 0 Å². The van der Waals surface area contributed by atoms with Crippen LogP contribution in [-0.4, -0.2) is 42.3 Å². The van der Waals surface area contributed by atoms with Crippen LogP contribution in [0, 0.1) is 6.92 Å². The largest absolute Gasteiger partial charge is 0.490 e. The molecule has 0 radical (unpaired) electrons. The molecule has 0 aliphatic rings. The Bertz CT molecular complexity index is 1040. The number of aromatic nitrogens is 2. The minimum Gasteiger partial charge on any atom is -0.490 e. The van der Waals surface area contributed by atoms with Gasteiger partial charge in [-0.2, -0.15) is 8.78 Å².